The number of benzene rings is 2. The van der Waals surface area contributed by atoms with Crippen LogP contribution in [0.3, 0.4) is 0 Å². The largest absolute Gasteiger partial charge is 0.480 e. The minimum absolute atomic E-state index is 0. The maximum atomic E-state index is 13.2. The number of nitrogens with two attached hydrogens (primary N) is 1. The van der Waals surface area contributed by atoms with E-state index < -0.39 is 42.0 Å². The number of amides is 5. The molecule has 8 N–H and O–H groups in total. The lowest BCUT2D eigenvalue weighted by Gasteiger charge is -2.35. The standard InChI is InChI=1S/C33H50N4O4.C23H39N3O5.C10H13N.ClH/c1-9-17-33(7,8)18-16-27(38)21-28(22(3)4)30(39)35-24(6)32(41)37-19-12-15-29(36-37)31(40)34-23(5)26-14-11-13-25(10-2)20-26;1-7-11-23(5,6)12-10-17(27)14-18(15(2)3)20(28)24-16(4)21(29)26-13-8-9-19(25-26)22(30)31;1-3-9-5-4-6-10(7-9)8(2)11;/h9-11,13-14,20,22-24,28-29,36H,1-2,12,15-19,21H2,3-8H3,(H,34,40)(H,35,39);7,15-16,18-19,25H,1,8-14H2,2-6H3,(H,24,28)(H,30,31);3-8H,1,11H2,2H3;1H/t23-,24+,28+,29+;16-,18-,19-;8-;/m101./s1. The molecule has 0 radical (unpaired) electrons. The molecule has 468 valence electrons. The van der Waals surface area contributed by atoms with Crippen LogP contribution in [0.1, 0.15) is 194 Å². The highest BCUT2D eigenvalue weighted by atomic mass is 35.5. The molecule has 2 heterocycles. The Balaban J connectivity index is 0.000000719. The molecular weight excluding hydrogens is 1080 g/mol. The van der Waals surface area contributed by atoms with Gasteiger partial charge in [0.05, 0.1) is 6.04 Å². The molecule has 0 aromatic heterocycles. The van der Waals surface area contributed by atoms with Gasteiger partial charge in [-0.25, -0.2) is 10.9 Å². The van der Waals surface area contributed by atoms with Crippen molar-refractivity contribution in [1.82, 2.24) is 36.8 Å². The number of aliphatic carboxylic acids is 1. The summed E-state index contributed by atoms with van der Waals surface area (Å²) < 4.78 is 0. The summed E-state index contributed by atoms with van der Waals surface area (Å²) in [6, 6.07) is 12.8. The van der Waals surface area contributed by atoms with E-state index in [0.717, 1.165) is 47.9 Å². The second-order valence-corrected chi connectivity index (χ2v) is 24.7. The minimum Gasteiger partial charge on any atom is -0.480 e. The number of Topliss-reactive ketones (excluding diaryl/α,β-unsaturated/α-hetero) is 2. The van der Waals surface area contributed by atoms with Crippen molar-refractivity contribution in [3.63, 3.8) is 0 Å². The number of hydrogen-bond donors (Lipinski definition) is 7. The Labute approximate surface area is 508 Å². The lowest BCUT2D eigenvalue weighted by molar-refractivity contribution is -0.149. The van der Waals surface area contributed by atoms with Crippen LogP contribution in [0.25, 0.3) is 12.2 Å². The molecule has 0 aliphatic carbocycles. The first-order chi connectivity index (χ1) is 38.9. The van der Waals surface area contributed by atoms with Crippen molar-refractivity contribution in [2.45, 2.75) is 196 Å². The molecule has 2 saturated heterocycles. The van der Waals surface area contributed by atoms with Crippen molar-refractivity contribution < 1.29 is 43.5 Å². The molecule has 2 aromatic carbocycles. The Hall–Kier alpha value is -6.27. The molecule has 17 nitrogen and oxygen atoms in total. The Morgan fingerprint density at radius 1 is 0.631 bits per heavy atom. The third kappa shape index (κ3) is 26.8. The highest BCUT2D eigenvalue weighted by Crippen LogP contribution is 2.30. The SMILES string of the molecule is C=CCC(C)(C)CCC(=O)C[C@H](C(=O)N[C@@H](C)C(=O)N1CCC[C@@H](C(=O)N[C@H](C)c2cccc(C=C)c2)N1)C(C)C.C=CCC(C)(C)CCC(=O)C[C@H](C(=O)N[C@@H](C)C(=O)N1CCC[C@@H](C(=O)O)N1)C(C)C.C=Cc1cccc([C@@H](C)N)c1.Cl. The van der Waals surface area contributed by atoms with Crippen molar-refractivity contribution in [3.8, 4) is 0 Å². The van der Waals surface area contributed by atoms with Crippen LogP contribution in [0, 0.1) is 34.5 Å². The van der Waals surface area contributed by atoms with Gasteiger partial charge in [-0.15, -0.1) is 25.6 Å². The maximum Gasteiger partial charge on any atom is 0.322 e. The number of nitrogens with one attached hydrogen (secondary N) is 5. The molecule has 5 amide bonds. The molecule has 8 atom stereocenters. The first-order valence-electron chi connectivity index (χ1n) is 29.6. The molecule has 0 saturated carbocycles. The zero-order chi connectivity index (χ0) is 62.8. The monoisotopic (exact) mass is 1190 g/mol. The molecule has 2 fully saturated rings. The van der Waals surface area contributed by atoms with Gasteiger partial charge in [0, 0.05) is 56.7 Å². The fraction of sp³-hybridized carbons (Fsp3) is 0.576. The van der Waals surface area contributed by atoms with E-state index in [-0.39, 0.29) is 101 Å². The van der Waals surface area contributed by atoms with Crippen LogP contribution in [-0.2, 0) is 38.4 Å². The summed E-state index contributed by atoms with van der Waals surface area (Å²) in [6.45, 7) is 38.9. The van der Waals surface area contributed by atoms with E-state index in [1.165, 1.54) is 10.0 Å². The van der Waals surface area contributed by atoms with Crippen LogP contribution in [0.2, 0.25) is 0 Å². The summed E-state index contributed by atoms with van der Waals surface area (Å²) in [4.78, 5) is 101. The molecule has 84 heavy (non-hydrogen) atoms. The van der Waals surface area contributed by atoms with E-state index in [4.69, 9.17) is 10.8 Å². The number of carboxylic acids is 1. The Morgan fingerprint density at radius 3 is 1.40 bits per heavy atom. The molecule has 0 spiro atoms. The maximum absolute atomic E-state index is 13.2. The lowest BCUT2D eigenvalue weighted by atomic mass is 9.82. The quantitative estimate of drug-likeness (QED) is 0.0376. The van der Waals surface area contributed by atoms with Gasteiger partial charge in [-0.1, -0.05) is 135 Å². The second-order valence-electron chi connectivity index (χ2n) is 24.7. The molecule has 2 aromatic rings. The molecule has 0 unspecified atom stereocenters. The van der Waals surface area contributed by atoms with Crippen molar-refractivity contribution in [2.75, 3.05) is 13.1 Å². The van der Waals surface area contributed by atoms with Crippen molar-refractivity contribution >= 4 is 71.6 Å². The van der Waals surface area contributed by atoms with Gasteiger partial charge in [-0.05, 0) is 130 Å². The van der Waals surface area contributed by atoms with E-state index in [2.05, 4.69) is 86.9 Å². The summed E-state index contributed by atoms with van der Waals surface area (Å²) in [6.07, 6.45) is 13.8. The number of rotatable bonds is 29. The third-order valence-corrected chi connectivity index (χ3v) is 15.4. The Morgan fingerprint density at radius 2 is 1.02 bits per heavy atom. The first kappa shape index (κ1) is 75.7. The van der Waals surface area contributed by atoms with Gasteiger partial charge in [-0.3, -0.25) is 48.4 Å². The molecular formula is C66H103ClN8O9. The number of ketones is 2. The third-order valence-electron chi connectivity index (χ3n) is 15.4. The molecule has 2 aliphatic rings. The van der Waals surface area contributed by atoms with Gasteiger partial charge in [-0.2, -0.15) is 0 Å². The van der Waals surface area contributed by atoms with Crippen LogP contribution in [-0.4, -0.2) is 99.5 Å². The smallest absolute Gasteiger partial charge is 0.322 e. The van der Waals surface area contributed by atoms with Gasteiger partial charge >= 0.3 is 5.97 Å². The summed E-state index contributed by atoms with van der Waals surface area (Å²) >= 11 is 0. The zero-order valence-electron chi connectivity index (χ0n) is 52.5. The number of hydrazine groups is 2. The lowest BCUT2D eigenvalue weighted by Crippen LogP contribution is -2.61. The number of carbonyl (C=O) groups is 8. The van der Waals surface area contributed by atoms with Gasteiger partial charge in [0.1, 0.15) is 35.7 Å². The van der Waals surface area contributed by atoms with Gasteiger partial charge in [0.15, 0.2) is 0 Å². The number of carbonyl (C=O) groups excluding carboxylic acids is 7. The Kier molecular flexibility index (Phi) is 33.6. The average Bonchev–Trinajstić information content (AvgIpc) is 3.44. The molecule has 4 rings (SSSR count). The Bertz CT molecular complexity index is 2530. The van der Waals surface area contributed by atoms with Crippen molar-refractivity contribution in [1.29, 1.82) is 0 Å². The minimum atomic E-state index is -1.01. The number of carboxylic acid groups (broad SMARTS) is 1. The molecule has 18 heteroatoms. The fourth-order valence-electron chi connectivity index (χ4n) is 9.71. The number of nitrogens with zero attached hydrogens (tertiary/aromatic N) is 2. The first-order valence-corrected chi connectivity index (χ1v) is 29.6. The number of halogens is 1. The van der Waals surface area contributed by atoms with E-state index in [1.807, 2.05) is 102 Å². The van der Waals surface area contributed by atoms with Crippen LogP contribution in [0.5, 0.6) is 0 Å². The van der Waals surface area contributed by atoms with Gasteiger partial charge in [0.25, 0.3) is 11.8 Å². The van der Waals surface area contributed by atoms with Gasteiger partial charge in [0.2, 0.25) is 17.7 Å². The van der Waals surface area contributed by atoms with Crippen LogP contribution >= 0.6 is 12.4 Å². The summed E-state index contributed by atoms with van der Waals surface area (Å²) in [5, 5.41) is 20.4. The predicted molar refractivity (Wildman–Crippen MR) is 340 cm³/mol. The van der Waals surface area contributed by atoms with E-state index in [0.29, 0.717) is 51.6 Å². The zero-order valence-corrected chi connectivity index (χ0v) is 53.3. The van der Waals surface area contributed by atoms with E-state index >= 15 is 0 Å². The van der Waals surface area contributed by atoms with Crippen molar-refractivity contribution in [2.24, 2.45) is 40.2 Å². The second kappa shape index (κ2) is 37.2. The summed E-state index contributed by atoms with van der Waals surface area (Å²) in [5.74, 6) is -3.62. The highest BCUT2D eigenvalue weighted by molar-refractivity contribution is 5.92. The van der Waals surface area contributed by atoms with Crippen LogP contribution in [0.15, 0.2) is 87.0 Å². The fourth-order valence-corrected chi connectivity index (χ4v) is 9.71. The van der Waals surface area contributed by atoms with Crippen LogP contribution < -0.4 is 32.5 Å². The number of hydrogen-bond acceptors (Lipinski definition) is 11. The normalized spacial score (nSPS) is 17.3. The number of allylic oxidation sites excluding steroid dienone is 2. The van der Waals surface area contributed by atoms with Crippen molar-refractivity contribution in [3.05, 3.63) is 109 Å². The van der Waals surface area contributed by atoms with E-state index in [1.54, 1.807) is 19.9 Å². The van der Waals surface area contributed by atoms with Crippen LogP contribution in [0.4, 0.5) is 0 Å². The summed E-state index contributed by atoms with van der Waals surface area (Å²) in [7, 11) is 0. The predicted octanol–water partition coefficient (Wildman–Crippen LogP) is 10.6. The highest BCUT2D eigenvalue weighted by Gasteiger charge is 2.35. The average molecular weight is 1190 g/mol. The van der Waals surface area contributed by atoms with Gasteiger partial charge < -0.3 is 26.8 Å². The summed E-state index contributed by atoms with van der Waals surface area (Å²) in [5.41, 5.74) is 15.7. The molecule has 0 bridgehead atoms. The molecule has 2 aliphatic heterocycles. The topological polar surface area (TPSA) is 249 Å². The van der Waals surface area contributed by atoms with E-state index in [9.17, 15) is 38.4 Å².